The molecule has 0 saturated carbocycles. The molecule has 1 amide bonds. The molecular weight excluding hydrogens is 408 g/mol. The van der Waals surface area contributed by atoms with E-state index in [1.165, 1.54) is 5.56 Å². The minimum absolute atomic E-state index is 0.0246. The van der Waals surface area contributed by atoms with Crippen molar-refractivity contribution in [2.24, 2.45) is 0 Å². The summed E-state index contributed by atoms with van der Waals surface area (Å²) >= 11 is 5.98. The molecule has 3 heterocycles. The highest BCUT2D eigenvalue weighted by molar-refractivity contribution is 6.30. The van der Waals surface area contributed by atoms with Gasteiger partial charge in [-0.3, -0.25) is 14.7 Å². The summed E-state index contributed by atoms with van der Waals surface area (Å²) in [4.78, 5) is 19.8. The number of nitrogens with zero attached hydrogens (tertiary/aromatic N) is 3. The average Bonchev–Trinajstić information content (AvgIpc) is 3.06. The van der Waals surface area contributed by atoms with Crippen LogP contribution in [0.5, 0.6) is 0 Å². The molecule has 5 nitrogen and oxygen atoms in total. The van der Waals surface area contributed by atoms with Crippen LogP contribution in [-0.2, 0) is 13.1 Å². The van der Waals surface area contributed by atoms with Crippen LogP contribution >= 0.6 is 11.6 Å². The highest BCUT2D eigenvalue weighted by atomic mass is 35.5. The predicted molar refractivity (Wildman–Crippen MR) is 124 cm³/mol. The van der Waals surface area contributed by atoms with Crippen molar-refractivity contribution < 1.29 is 4.79 Å². The van der Waals surface area contributed by atoms with E-state index in [-0.39, 0.29) is 11.9 Å². The van der Waals surface area contributed by atoms with Gasteiger partial charge in [-0.15, -0.1) is 0 Å². The second-order valence-electron chi connectivity index (χ2n) is 8.34. The molecule has 0 aliphatic carbocycles. The second-order valence-corrected chi connectivity index (χ2v) is 8.78. The first-order valence-electron chi connectivity index (χ1n) is 10.8. The Morgan fingerprint density at radius 2 is 1.84 bits per heavy atom. The number of aromatic nitrogens is 2. The van der Waals surface area contributed by atoms with E-state index >= 15 is 0 Å². The maximum atomic E-state index is 13.0. The van der Waals surface area contributed by atoms with Crippen molar-refractivity contribution in [3.63, 3.8) is 0 Å². The number of nitrogens with one attached hydrogen (secondary N) is 1. The lowest BCUT2D eigenvalue weighted by molar-refractivity contribution is 0.0908. The first-order valence-corrected chi connectivity index (χ1v) is 11.2. The molecule has 0 atom stereocenters. The zero-order valence-electron chi connectivity index (χ0n) is 18.1. The lowest BCUT2D eigenvalue weighted by Crippen LogP contribution is -2.44. The van der Waals surface area contributed by atoms with Gasteiger partial charge in [-0.2, -0.15) is 0 Å². The number of carbonyl (C=O) groups is 1. The van der Waals surface area contributed by atoms with E-state index in [1.54, 1.807) is 6.20 Å². The third kappa shape index (κ3) is 5.35. The van der Waals surface area contributed by atoms with Gasteiger partial charge in [0.25, 0.3) is 5.91 Å². The smallest absolute Gasteiger partial charge is 0.253 e. The number of hydrogen-bond acceptors (Lipinski definition) is 3. The van der Waals surface area contributed by atoms with Crippen molar-refractivity contribution in [1.82, 2.24) is 19.8 Å². The maximum absolute atomic E-state index is 13.0. The zero-order valence-corrected chi connectivity index (χ0v) is 18.9. The monoisotopic (exact) mass is 436 g/mol. The SMILES string of the molecule is Cc1cc(C(=O)NC2CCN(Cc3ccc(Cl)cc3)CC2)c(C)n1Cc1ccccn1. The van der Waals surface area contributed by atoms with Crippen molar-refractivity contribution in [3.8, 4) is 0 Å². The summed E-state index contributed by atoms with van der Waals surface area (Å²) < 4.78 is 2.16. The molecule has 0 radical (unpaired) electrons. The first kappa shape index (κ1) is 21.6. The van der Waals surface area contributed by atoms with Gasteiger partial charge >= 0.3 is 0 Å². The lowest BCUT2D eigenvalue weighted by atomic mass is 10.0. The Kier molecular flexibility index (Phi) is 6.73. The van der Waals surface area contributed by atoms with Gasteiger partial charge in [-0.25, -0.2) is 0 Å². The van der Waals surface area contributed by atoms with E-state index in [0.29, 0.717) is 6.54 Å². The Morgan fingerprint density at radius 1 is 1.10 bits per heavy atom. The largest absolute Gasteiger partial charge is 0.349 e. The van der Waals surface area contributed by atoms with Crippen LogP contribution < -0.4 is 5.32 Å². The molecule has 4 rings (SSSR count). The molecule has 6 heteroatoms. The number of carbonyl (C=O) groups excluding carboxylic acids is 1. The Bertz CT molecular complexity index is 1020. The lowest BCUT2D eigenvalue weighted by Gasteiger charge is -2.32. The minimum atomic E-state index is 0.0246. The fourth-order valence-electron chi connectivity index (χ4n) is 4.27. The molecule has 0 unspecified atom stereocenters. The summed E-state index contributed by atoms with van der Waals surface area (Å²) in [6.07, 6.45) is 3.73. The molecule has 31 heavy (non-hydrogen) atoms. The summed E-state index contributed by atoms with van der Waals surface area (Å²) in [5.74, 6) is 0.0246. The van der Waals surface area contributed by atoms with Gasteiger partial charge in [-0.05, 0) is 62.6 Å². The molecule has 0 spiro atoms. The van der Waals surface area contributed by atoms with Gasteiger partial charge < -0.3 is 9.88 Å². The molecule has 1 aliphatic heterocycles. The van der Waals surface area contributed by atoms with Gasteiger partial charge in [0.2, 0.25) is 0 Å². The number of rotatable bonds is 6. The van der Waals surface area contributed by atoms with Crippen LogP contribution in [0, 0.1) is 13.8 Å². The van der Waals surface area contributed by atoms with E-state index in [1.807, 2.05) is 50.2 Å². The third-order valence-corrected chi connectivity index (χ3v) is 6.36. The van der Waals surface area contributed by atoms with E-state index in [0.717, 1.165) is 60.1 Å². The Hall–Kier alpha value is -2.63. The molecule has 1 saturated heterocycles. The summed E-state index contributed by atoms with van der Waals surface area (Å²) in [5, 5.41) is 4.03. The van der Waals surface area contributed by atoms with Gasteiger partial charge in [0.15, 0.2) is 0 Å². The number of amides is 1. The van der Waals surface area contributed by atoms with E-state index < -0.39 is 0 Å². The summed E-state index contributed by atoms with van der Waals surface area (Å²) in [5.41, 5.74) is 5.08. The van der Waals surface area contributed by atoms with Gasteiger partial charge in [-0.1, -0.05) is 29.8 Å². The summed E-state index contributed by atoms with van der Waals surface area (Å²) in [6, 6.07) is 16.2. The van der Waals surface area contributed by atoms with Crippen LogP contribution in [0.15, 0.2) is 54.7 Å². The summed E-state index contributed by atoms with van der Waals surface area (Å²) in [6.45, 7) is 7.61. The molecular formula is C25H29ClN4O. The van der Waals surface area contributed by atoms with Crippen LogP contribution in [0.25, 0.3) is 0 Å². The van der Waals surface area contributed by atoms with E-state index in [9.17, 15) is 4.79 Å². The van der Waals surface area contributed by atoms with Crippen LogP contribution in [0.2, 0.25) is 5.02 Å². The van der Waals surface area contributed by atoms with Crippen molar-refractivity contribution >= 4 is 17.5 Å². The molecule has 1 aliphatic rings. The molecule has 1 fully saturated rings. The van der Waals surface area contributed by atoms with Crippen LogP contribution in [0.1, 0.15) is 45.8 Å². The Balaban J connectivity index is 1.33. The number of pyridine rings is 1. The molecule has 162 valence electrons. The van der Waals surface area contributed by atoms with Crippen LogP contribution in [0.4, 0.5) is 0 Å². The number of aryl methyl sites for hydroxylation is 1. The fourth-order valence-corrected chi connectivity index (χ4v) is 4.40. The Labute approximate surface area is 189 Å². The quantitative estimate of drug-likeness (QED) is 0.614. The highest BCUT2D eigenvalue weighted by Gasteiger charge is 2.23. The van der Waals surface area contributed by atoms with Gasteiger partial charge in [0.1, 0.15) is 0 Å². The van der Waals surface area contributed by atoms with E-state index in [2.05, 4.69) is 31.9 Å². The van der Waals surface area contributed by atoms with Crippen molar-refractivity contribution in [1.29, 1.82) is 0 Å². The van der Waals surface area contributed by atoms with Gasteiger partial charge in [0.05, 0.1) is 17.8 Å². The number of hydrogen-bond donors (Lipinski definition) is 1. The van der Waals surface area contributed by atoms with Crippen LogP contribution in [-0.4, -0.2) is 39.5 Å². The van der Waals surface area contributed by atoms with Crippen molar-refractivity contribution in [3.05, 3.63) is 88.0 Å². The topological polar surface area (TPSA) is 50.2 Å². The molecule has 2 aromatic heterocycles. The summed E-state index contributed by atoms with van der Waals surface area (Å²) in [7, 11) is 0. The number of benzene rings is 1. The van der Waals surface area contributed by atoms with Crippen molar-refractivity contribution in [2.75, 3.05) is 13.1 Å². The Morgan fingerprint density at radius 3 is 2.52 bits per heavy atom. The zero-order chi connectivity index (χ0) is 21.8. The number of halogens is 1. The van der Waals surface area contributed by atoms with Crippen molar-refractivity contribution in [2.45, 2.75) is 45.8 Å². The normalized spacial score (nSPS) is 15.2. The van der Waals surface area contributed by atoms with Crippen LogP contribution in [0.3, 0.4) is 0 Å². The average molecular weight is 437 g/mol. The molecule has 3 aromatic rings. The predicted octanol–water partition coefficient (Wildman–Crippen LogP) is 4.60. The number of likely N-dealkylation sites (tertiary alicyclic amines) is 1. The standard InChI is InChI=1S/C25H29ClN4O/c1-18-15-24(19(2)30(18)17-23-5-3-4-12-27-23)25(31)28-22-10-13-29(14-11-22)16-20-6-8-21(26)9-7-20/h3-9,12,15,22H,10-11,13-14,16-17H2,1-2H3,(H,28,31). The highest BCUT2D eigenvalue weighted by Crippen LogP contribution is 2.19. The number of piperidine rings is 1. The third-order valence-electron chi connectivity index (χ3n) is 6.11. The van der Waals surface area contributed by atoms with Gasteiger partial charge in [0, 0.05) is 48.3 Å². The maximum Gasteiger partial charge on any atom is 0.253 e. The molecule has 1 N–H and O–H groups in total. The first-order chi connectivity index (χ1) is 15.0. The molecule has 1 aromatic carbocycles. The second kappa shape index (κ2) is 9.67. The fraction of sp³-hybridized carbons (Fsp3) is 0.360. The molecule has 0 bridgehead atoms. The minimum Gasteiger partial charge on any atom is -0.349 e. The van der Waals surface area contributed by atoms with E-state index in [4.69, 9.17) is 11.6 Å².